The number of hydrogen-bond acceptors (Lipinski definition) is 6. The molecule has 1 aromatic heterocycles. The molecule has 1 atom stereocenters. The van der Waals surface area contributed by atoms with Crippen molar-refractivity contribution in [2.24, 2.45) is 23.7 Å². The lowest BCUT2D eigenvalue weighted by Gasteiger charge is -2.54. The van der Waals surface area contributed by atoms with Crippen LogP contribution in [0.2, 0.25) is 0 Å². The van der Waals surface area contributed by atoms with Crippen molar-refractivity contribution in [2.75, 3.05) is 19.7 Å². The van der Waals surface area contributed by atoms with E-state index in [4.69, 9.17) is 9.72 Å². The monoisotopic (exact) mass is 513 g/mol. The molecular formula is C28H39N3O4S. The highest BCUT2D eigenvalue weighted by Crippen LogP contribution is 2.53. The molecule has 0 radical (unpaired) electrons. The second kappa shape index (κ2) is 10.3. The third kappa shape index (κ3) is 4.93. The van der Waals surface area contributed by atoms with Gasteiger partial charge in [0, 0.05) is 17.8 Å². The van der Waals surface area contributed by atoms with Crippen LogP contribution < -0.4 is 10.6 Å². The van der Waals surface area contributed by atoms with Crippen molar-refractivity contribution in [3.8, 4) is 0 Å². The molecule has 1 aliphatic heterocycles. The Kier molecular flexibility index (Phi) is 7.03. The van der Waals surface area contributed by atoms with Gasteiger partial charge in [-0.1, -0.05) is 19.3 Å². The van der Waals surface area contributed by atoms with Crippen molar-refractivity contribution < 1.29 is 19.4 Å². The van der Waals surface area contributed by atoms with Crippen LogP contribution in [0.3, 0.4) is 0 Å². The first-order chi connectivity index (χ1) is 17.5. The summed E-state index contributed by atoms with van der Waals surface area (Å²) in [4.78, 5) is 30.1. The Morgan fingerprint density at radius 1 is 1.08 bits per heavy atom. The number of thioether (sulfide) groups is 1. The van der Waals surface area contributed by atoms with Crippen LogP contribution in [0, 0.1) is 23.7 Å². The molecule has 6 fully saturated rings. The normalized spacial score (nSPS) is 35.7. The first-order valence-electron chi connectivity index (χ1n) is 14.0. The molecule has 4 bridgehead atoms. The summed E-state index contributed by atoms with van der Waals surface area (Å²) < 4.78 is 5.93. The molecule has 3 N–H and O–H groups in total. The first kappa shape index (κ1) is 24.7. The number of aliphatic carboxylic acids is 1. The minimum Gasteiger partial charge on any atom is -0.480 e. The van der Waals surface area contributed by atoms with E-state index in [0.717, 1.165) is 41.9 Å². The Morgan fingerprint density at radius 3 is 2.44 bits per heavy atom. The van der Waals surface area contributed by atoms with Crippen LogP contribution in [0.4, 0.5) is 0 Å². The number of ether oxygens (including phenoxy) is 1. The van der Waals surface area contributed by atoms with Gasteiger partial charge < -0.3 is 20.5 Å². The Labute approximate surface area is 217 Å². The number of pyridine rings is 1. The van der Waals surface area contributed by atoms with Crippen LogP contribution in [0.25, 0.3) is 0 Å². The zero-order chi connectivity index (χ0) is 24.7. The lowest BCUT2D eigenvalue weighted by Crippen LogP contribution is -2.55. The molecule has 7 nitrogen and oxygen atoms in total. The highest BCUT2D eigenvalue weighted by atomic mass is 32.2. The van der Waals surface area contributed by atoms with Gasteiger partial charge in [-0.25, -0.2) is 9.78 Å². The van der Waals surface area contributed by atoms with Crippen molar-refractivity contribution in [2.45, 2.75) is 92.5 Å². The molecule has 196 valence electrons. The Bertz CT molecular complexity index is 961. The topological polar surface area (TPSA) is 101 Å². The van der Waals surface area contributed by atoms with Gasteiger partial charge in [0.05, 0.1) is 11.3 Å². The lowest BCUT2D eigenvalue weighted by molar-refractivity contribution is -0.149. The highest BCUT2D eigenvalue weighted by Gasteiger charge is 2.49. The molecule has 0 aromatic carbocycles. The van der Waals surface area contributed by atoms with Gasteiger partial charge in [-0.15, -0.1) is 11.8 Å². The van der Waals surface area contributed by atoms with Crippen molar-refractivity contribution in [3.63, 3.8) is 0 Å². The number of amides is 1. The van der Waals surface area contributed by atoms with Crippen LogP contribution in [0.15, 0.2) is 17.2 Å². The third-order valence-electron chi connectivity index (χ3n) is 9.51. The zero-order valence-electron chi connectivity index (χ0n) is 21.0. The van der Waals surface area contributed by atoms with Crippen LogP contribution in [0.1, 0.15) is 86.7 Å². The van der Waals surface area contributed by atoms with E-state index >= 15 is 0 Å². The second-order valence-electron chi connectivity index (χ2n) is 12.0. The van der Waals surface area contributed by atoms with E-state index in [1.807, 2.05) is 12.1 Å². The molecule has 2 heterocycles. The molecule has 1 saturated heterocycles. The molecule has 5 saturated carbocycles. The van der Waals surface area contributed by atoms with Crippen LogP contribution in [-0.4, -0.2) is 53.0 Å². The minimum atomic E-state index is -0.982. The van der Waals surface area contributed by atoms with Gasteiger partial charge in [0.15, 0.2) is 0 Å². The van der Waals surface area contributed by atoms with E-state index in [9.17, 15) is 14.7 Å². The summed E-state index contributed by atoms with van der Waals surface area (Å²) in [5, 5.41) is 17.3. The maximum atomic E-state index is 13.7. The van der Waals surface area contributed by atoms with E-state index in [0.29, 0.717) is 41.7 Å². The third-order valence-corrected chi connectivity index (χ3v) is 10.9. The summed E-state index contributed by atoms with van der Waals surface area (Å²) in [5.41, 5.74) is 0.636. The second-order valence-corrected chi connectivity index (χ2v) is 13.2. The molecular weight excluding hydrogens is 474 g/mol. The maximum Gasteiger partial charge on any atom is 0.329 e. The number of rotatable bonds is 8. The number of aromatic nitrogens is 1. The summed E-state index contributed by atoms with van der Waals surface area (Å²) in [6, 6.07) is 4.11. The molecule has 6 aliphatic rings. The SMILES string of the molecule is O=C(O)CO[C@]1(c2ccc(C(=O)NC3C4CC5CC(C4)CC3C5)c(SC3CCCCC3)n2)CCNC1. The van der Waals surface area contributed by atoms with Gasteiger partial charge in [0.2, 0.25) is 0 Å². The number of carbonyl (C=O) groups is 2. The predicted molar refractivity (Wildman–Crippen MR) is 138 cm³/mol. The largest absolute Gasteiger partial charge is 0.480 e. The van der Waals surface area contributed by atoms with Gasteiger partial charge in [-0.05, 0) is 93.7 Å². The number of carbonyl (C=O) groups excluding carboxylic acids is 1. The lowest BCUT2D eigenvalue weighted by atomic mass is 9.54. The summed E-state index contributed by atoms with van der Waals surface area (Å²) in [5.74, 6) is 2.04. The van der Waals surface area contributed by atoms with E-state index in [-0.39, 0.29) is 12.5 Å². The highest BCUT2D eigenvalue weighted by molar-refractivity contribution is 7.99. The fourth-order valence-electron chi connectivity index (χ4n) is 7.97. The van der Waals surface area contributed by atoms with Gasteiger partial charge in [0.1, 0.15) is 17.2 Å². The molecule has 0 unspecified atom stereocenters. The quantitative estimate of drug-likeness (QED) is 0.475. The van der Waals surface area contributed by atoms with E-state index in [2.05, 4.69) is 10.6 Å². The van der Waals surface area contributed by atoms with Gasteiger partial charge >= 0.3 is 5.97 Å². The number of carboxylic acids is 1. The average Bonchev–Trinajstić information content (AvgIpc) is 3.35. The fraction of sp³-hybridized carbons (Fsp3) is 0.750. The van der Waals surface area contributed by atoms with Crippen molar-refractivity contribution >= 4 is 23.6 Å². The van der Waals surface area contributed by atoms with E-state index < -0.39 is 11.6 Å². The fourth-order valence-corrected chi connectivity index (χ4v) is 9.30. The Morgan fingerprint density at radius 2 is 1.81 bits per heavy atom. The molecule has 1 aromatic rings. The number of nitrogens with zero attached hydrogens (tertiary/aromatic N) is 1. The Hall–Kier alpha value is -1.64. The van der Waals surface area contributed by atoms with Crippen molar-refractivity contribution in [1.82, 2.24) is 15.6 Å². The average molecular weight is 514 g/mol. The smallest absolute Gasteiger partial charge is 0.329 e. The van der Waals surface area contributed by atoms with Crippen LogP contribution in [-0.2, 0) is 15.1 Å². The van der Waals surface area contributed by atoms with Crippen LogP contribution >= 0.6 is 11.8 Å². The summed E-state index contributed by atoms with van der Waals surface area (Å²) in [6.45, 7) is 0.921. The molecule has 8 heteroatoms. The molecule has 1 amide bonds. The summed E-state index contributed by atoms with van der Waals surface area (Å²) in [6.07, 6.45) is 13.2. The van der Waals surface area contributed by atoms with Gasteiger partial charge in [0.25, 0.3) is 5.91 Å². The Balaban J connectivity index is 1.26. The van der Waals surface area contributed by atoms with Crippen LogP contribution in [0.5, 0.6) is 0 Å². The van der Waals surface area contributed by atoms with Crippen molar-refractivity contribution in [3.05, 3.63) is 23.4 Å². The number of nitrogens with one attached hydrogen (secondary N) is 2. The van der Waals surface area contributed by atoms with E-state index in [1.54, 1.807) is 11.8 Å². The molecule has 7 rings (SSSR count). The predicted octanol–water partition coefficient (Wildman–Crippen LogP) is 4.35. The molecule has 36 heavy (non-hydrogen) atoms. The van der Waals surface area contributed by atoms with Gasteiger partial charge in [-0.3, -0.25) is 4.79 Å². The summed E-state index contributed by atoms with van der Waals surface area (Å²) in [7, 11) is 0. The zero-order valence-corrected chi connectivity index (χ0v) is 21.9. The van der Waals surface area contributed by atoms with Gasteiger partial charge in [-0.2, -0.15) is 0 Å². The maximum absolute atomic E-state index is 13.7. The standard InChI is InChI=1S/C28H39N3O4S/c32-24(33)15-35-28(8-9-29-16-28)23-7-6-22(27(30-23)36-21-4-2-1-3-5-21)26(34)31-25-19-11-17-10-18(13-19)14-20(25)12-17/h6-7,17-21,25,29H,1-5,8-16H2,(H,31,34)(H,32,33)/t17?,18?,19?,20?,25?,28-/m1/s1. The molecule has 5 aliphatic carbocycles. The molecule has 0 spiro atoms. The van der Waals surface area contributed by atoms with E-state index in [1.165, 1.54) is 51.4 Å². The minimum absolute atomic E-state index is 0.00915. The number of hydrogen-bond donors (Lipinski definition) is 3. The number of carboxylic acid groups (broad SMARTS) is 1. The first-order valence-corrected chi connectivity index (χ1v) is 14.9. The van der Waals surface area contributed by atoms with Crippen molar-refractivity contribution in [1.29, 1.82) is 0 Å². The summed E-state index contributed by atoms with van der Waals surface area (Å²) >= 11 is 1.74.